The molecule has 0 aliphatic carbocycles. The van der Waals surface area contributed by atoms with Gasteiger partial charge in [-0.1, -0.05) is 0 Å². The first kappa shape index (κ1) is 11.5. The largest absolute Gasteiger partial charge is 0.320 e. The molecule has 5 nitrogen and oxygen atoms in total. The normalized spacial score (nSPS) is 27.8. The number of nitrogens with zero attached hydrogens (tertiary/aromatic N) is 2. The van der Waals surface area contributed by atoms with Crippen molar-refractivity contribution in [3.05, 3.63) is 0 Å². The van der Waals surface area contributed by atoms with E-state index in [9.17, 15) is 9.59 Å². The van der Waals surface area contributed by atoms with E-state index in [2.05, 4.69) is 4.90 Å². The van der Waals surface area contributed by atoms with Gasteiger partial charge in [0.2, 0.25) is 11.8 Å². The van der Waals surface area contributed by atoms with Crippen LogP contribution < -0.4 is 5.73 Å². The van der Waals surface area contributed by atoms with E-state index in [4.69, 9.17) is 5.73 Å². The second kappa shape index (κ2) is 4.93. The van der Waals surface area contributed by atoms with Crippen LogP contribution in [0.4, 0.5) is 0 Å². The zero-order valence-corrected chi connectivity index (χ0v) is 9.52. The fourth-order valence-electron chi connectivity index (χ4n) is 2.34. The molecule has 0 aromatic rings. The molecule has 90 valence electrons. The lowest BCUT2D eigenvalue weighted by Crippen LogP contribution is -2.53. The van der Waals surface area contributed by atoms with E-state index in [0.717, 1.165) is 19.6 Å². The van der Waals surface area contributed by atoms with Gasteiger partial charge in [-0.25, -0.2) is 0 Å². The smallest absolute Gasteiger partial charge is 0.246 e. The summed E-state index contributed by atoms with van der Waals surface area (Å²) in [4.78, 5) is 26.9. The van der Waals surface area contributed by atoms with E-state index < -0.39 is 6.04 Å². The molecule has 2 N–H and O–H groups in total. The van der Waals surface area contributed by atoms with Crippen LogP contribution in [0, 0.1) is 0 Å². The highest BCUT2D eigenvalue weighted by atomic mass is 16.2. The highest BCUT2D eigenvalue weighted by Gasteiger charge is 2.31. The van der Waals surface area contributed by atoms with E-state index in [1.807, 2.05) is 0 Å². The quantitative estimate of drug-likeness (QED) is 0.661. The molecule has 0 spiro atoms. The molecule has 2 saturated heterocycles. The molecular formula is C11H19N3O2. The third-order valence-electron chi connectivity index (χ3n) is 3.39. The van der Waals surface area contributed by atoms with Gasteiger partial charge < -0.3 is 10.6 Å². The number of rotatable bonds is 3. The molecule has 1 atom stereocenters. The Bertz CT molecular complexity index is 287. The first-order chi connectivity index (χ1) is 7.68. The van der Waals surface area contributed by atoms with Crippen LogP contribution in [0.15, 0.2) is 0 Å². The molecule has 0 radical (unpaired) electrons. The highest BCUT2D eigenvalue weighted by Crippen LogP contribution is 2.13. The van der Waals surface area contributed by atoms with Gasteiger partial charge in [0.1, 0.15) is 0 Å². The Morgan fingerprint density at radius 3 is 2.56 bits per heavy atom. The summed E-state index contributed by atoms with van der Waals surface area (Å²) in [5.41, 5.74) is 5.66. The molecule has 0 aromatic heterocycles. The molecule has 2 amide bonds. The number of imide groups is 1. The second-order valence-corrected chi connectivity index (χ2v) is 4.58. The van der Waals surface area contributed by atoms with E-state index in [1.165, 1.54) is 17.7 Å². The fourth-order valence-corrected chi connectivity index (χ4v) is 2.34. The van der Waals surface area contributed by atoms with Crippen LogP contribution in [-0.2, 0) is 9.59 Å². The number of carbonyl (C=O) groups is 2. The predicted molar refractivity (Wildman–Crippen MR) is 59.6 cm³/mol. The second-order valence-electron chi connectivity index (χ2n) is 4.58. The molecule has 16 heavy (non-hydrogen) atoms. The zero-order valence-electron chi connectivity index (χ0n) is 9.52. The SMILES string of the molecule is NC1CCC(=O)N(CCN2CCCC2)C1=O. The lowest BCUT2D eigenvalue weighted by atomic mass is 10.1. The fraction of sp³-hybridized carbons (Fsp3) is 0.818. The molecule has 1 unspecified atom stereocenters. The van der Waals surface area contributed by atoms with Gasteiger partial charge in [-0.05, 0) is 32.4 Å². The number of hydrogen-bond acceptors (Lipinski definition) is 4. The predicted octanol–water partition coefficient (Wildman–Crippen LogP) is -0.441. The van der Waals surface area contributed by atoms with E-state index in [0.29, 0.717) is 19.4 Å². The maximum Gasteiger partial charge on any atom is 0.246 e. The molecule has 0 bridgehead atoms. The Labute approximate surface area is 95.6 Å². The van der Waals surface area contributed by atoms with Crippen molar-refractivity contribution in [1.29, 1.82) is 0 Å². The number of hydrogen-bond donors (Lipinski definition) is 1. The first-order valence-electron chi connectivity index (χ1n) is 6.00. The molecule has 0 aromatic carbocycles. The minimum atomic E-state index is -0.476. The van der Waals surface area contributed by atoms with E-state index in [-0.39, 0.29) is 11.8 Å². The molecule has 2 heterocycles. The summed E-state index contributed by atoms with van der Waals surface area (Å²) in [5.74, 6) is -0.263. The molecule has 0 saturated carbocycles. The number of piperidine rings is 1. The van der Waals surface area contributed by atoms with Crippen LogP contribution in [0.2, 0.25) is 0 Å². The highest BCUT2D eigenvalue weighted by molar-refractivity contribution is 6.00. The number of carbonyl (C=O) groups excluding carboxylic acids is 2. The lowest BCUT2D eigenvalue weighted by molar-refractivity contribution is -0.149. The van der Waals surface area contributed by atoms with Gasteiger partial charge in [0.15, 0.2) is 0 Å². The average molecular weight is 225 g/mol. The number of likely N-dealkylation sites (tertiary alicyclic amines) is 2. The van der Waals surface area contributed by atoms with Crippen molar-refractivity contribution in [2.45, 2.75) is 31.7 Å². The monoisotopic (exact) mass is 225 g/mol. The molecule has 2 aliphatic rings. The Hall–Kier alpha value is -0.940. The molecule has 5 heteroatoms. The van der Waals surface area contributed by atoms with Crippen LogP contribution in [0.3, 0.4) is 0 Å². The Balaban J connectivity index is 1.86. The molecule has 2 rings (SSSR count). The Kier molecular flexibility index (Phi) is 3.56. The van der Waals surface area contributed by atoms with Crippen molar-refractivity contribution in [1.82, 2.24) is 9.80 Å². The Morgan fingerprint density at radius 1 is 1.19 bits per heavy atom. The van der Waals surface area contributed by atoms with Gasteiger partial charge in [0.05, 0.1) is 6.04 Å². The van der Waals surface area contributed by atoms with Crippen LogP contribution in [0.1, 0.15) is 25.7 Å². The van der Waals surface area contributed by atoms with Crippen molar-refractivity contribution in [2.75, 3.05) is 26.2 Å². The average Bonchev–Trinajstić information content (AvgIpc) is 2.77. The van der Waals surface area contributed by atoms with Crippen molar-refractivity contribution >= 4 is 11.8 Å². The van der Waals surface area contributed by atoms with E-state index in [1.54, 1.807) is 0 Å². The Morgan fingerprint density at radius 2 is 1.88 bits per heavy atom. The third-order valence-corrected chi connectivity index (χ3v) is 3.39. The summed E-state index contributed by atoms with van der Waals surface area (Å²) < 4.78 is 0. The van der Waals surface area contributed by atoms with Gasteiger partial charge >= 0.3 is 0 Å². The van der Waals surface area contributed by atoms with Gasteiger partial charge in [0, 0.05) is 19.5 Å². The maximum atomic E-state index is 11.7. The van der Waals surface area contributed by atoms with Gasteiger partial charge in [0.25, 0.3) is 0 Å². The van der Waals surface area contributed by atoms with Gasteiger partial charge in [-0.2, -0.15) is 0 Å². The summed E-state index contributed by atoms with van der Waals surface area (Å²) in [6.45, 7) is 3.47. The summed E-state index contributed by atoms with van der Waals surface area (Å²) >= 11 is 0. The van der Waals surface area contributed by atoms with Crippen molar-refractivity contribution in [2.24, 2.45) is 5.73 Å². The van der Waals surface area contributed by atoms with Crippen molar-refractivity contribution < 1.29 is 9.59 Å². The van der Waals surface area contributed by atoms with Crippen LogP contribution in [0.25, 0.3) is 0 Å². The van der Waals surface area contributed by atoms with Crippen molar-refractivity contribution in [3.63, 3.8) is 0 Å². The summed E-state index contributed by atoms with van der Waals surface area (Å²) in [5, 5.41) is 0. The van der Waals surface area contributed by atoms with E-state index >= 15 is 0 Å². The zero-order chi connectivity index (χ0) is 11.5. The standard InChI is InChI=1S/C11H19N3O2/c12-9-3-4-10(15)14(11(9)16)8-7-13-5-1-2-6-13/h9H,1-8,12H2. The minimum absolute atomic E-state index is 0.0640. The van der Waals surface area contributed by atoms with Crippen molar-refractivity contribution in [3.8, 4) is 0 Å². The first-order valence-corrected chi connectivity index (χ1v) is 6.00. The van der Waals surface area contributed by atoms with Gasteiger partial charge in [-0.15, -0.1) is 0 Å². The maximum absolute atomic E-state index is 11.7. The number of nitrogens with two attached hydrogens (primary N) is 1. The van der Waals surface area contributed by atoms with Gasteiger partial charge in [-0.3, -0.25) is 14.5 Å². The third kappa shape index (κ3) is 2.41. The van der Waals surface area contributed by atoms with Crippen LogP contribution in [-0.4, -0.2) is 53.8 Å². The summed E-state index contributed by atoms with van der Waals surface area (Å²) in [6, 6.07) is -0.476. The molecule has 2 aliphatic heterocycles. The van der Waals surface area contributed by atoms with Crippen LogP contribution in [0.5, 0.6) is 0 Å². The summed E-state index contributed by atoms with van der Waals surface area (Å²) in [7, 11) is 0. The minimum Gasteiger partial charge on any atom is -0.320 e. The molecule has 2 fully saturated rings. The summed E-state index contributed by atoms with van der Waals surface area (Å²) in [6.07, 6.45) is 3.35. The van der Waals surface area contributed by atoms with Crippen LogP contribution >= 0.6 is 0 Å². The molecular weight excluding hydrogens is 206 g/mol. The lowest BCUT2D eigenvalue weighted by Gasteiger charge is -2.30. The topological polar surface area (TPSA) is 66.6 Å². The number of amides is 2.